The van der Waals surface area contributed by atoms with Gasteiger partial charge in [0.15, 0.2) is 5.65 Å². The van der Waals surface area contributed by atoms with Gasteiger partial charge in [0.1, 0.15) is 5.82 Å². The van der Waals surface area contributed by atoms with Gasteiger partial charge in [-0.1, -0.05) is 19.9 Å². The highest BCUT2D eigenvalue weighted by Crippen LogP contribution is 2.35. The molecule has 11 heteroatoms. The molecule has 1 aliphatic rings. The molecule has 1 fully saturated rings. The van der Waals surface area contributed by atoms with Crippen LogP contribution in [-0.4, -0.2) is 92.6 Å². The van der Waals surface area contributed by atoms with E-state index in [9.17, 15) is 15.0 Å². The van der Waals surface area contributed by atoms with Crippen LogP contribution in [0.15, 0.2) is 48.1 Å². The Kier molecular flexibility index (Phi) is 7.94. The van der Waals surface area contributed by atoms with Crippen molar-refractivity contribution in [3.63, 3.8) is 0 Å². The van der Waals surface area contributed by atoms with Crippen molar-refractivity contribution in [1.29, 1.82) is 0 Å². The van der Waals surface area contributed by atoms with E-state index in [1.54, 1.807) is 34.2 Å². The smallest absolute Gasteiger partial charge is 0.251 e. The third-order valence-corrected chi connectivity index (χ3v) is 8.43. The van der Waals surface area contributed by atoms with Crippen molar-refractivity contribution in [2.45, 2.75) is 26.8 Å². The summed E-state index contributed by atoms with van der Waals surface area (Å²) in [4.78, 5) is 28.5. The van der Waals surface area contributed by atoms with Crippen molar-refractivity contribution in [3.8, 4) is 21.8 Å². The normalized spacial score (nSPS) is 15.5. The number of nitrogens with zero attached hydrogens (tertiary/aromatic N) is 6. The lowest BCUT2D eigenvalue weighted by Crippen LogP contribution is -2.60. The highest BCUT2D eigenvalue weighted by molar-refractivity contribution is 7.13. The van der Waals surface area contributed by atoms with Gasteiger partial charge in [0.05, 0.1) is 46.7 Å². The number of amides is 1. The van der Waals surface area contributed by atoms with Crippen molar-refractivity contribution in [1.82, 2.24) is 29.8 Å². The number of aliphatic hydroxyl groups is 2. The molecule has 1 aliphatic heterocycles. The fourth-order valence-corrected chi connectivity index (χ4v) is 5.75. The molecule has 3 N–H and O–H groups in total. The Balaban J connectivity index is 1.50. The molecule has 0 spiro atoms. The van der Waals surface area contributed by atoms with Gasteiger partial charge in [0.2, 0.25) is 0 Å². The third kappa shape index (κ3) is 5.40. The molecule has 39 heavy (non-hydrogen) atoms. The van der Waals surface area contributed by atoms with Crippen LogP contribution in [0.2, 0.25) is 0 Å². The number of anilines is 1. The Morgan fingerprint density at radius 2 is 1.92 bits per heavy atom. The Bertz CT molecular complexity index is 1420. The van der Waals surface area contributed by atoms with Crippen LogP contribution in [0.3, 0.4) is 0 Å². The second-order valence-electron chi connectivity index (χ2n) is 10.2. The molecule has 206 valence electrons. The molecule has 0 radical (unpaired) electrons. The number of thiophene rings is 1. The second-order valence-corrected chi connectivity index (χ2v) is 11.1. The van der Waals surface area contributed by atoms with Crippen LogP contribution in [0.4, 0.5) is 5.82 Å². The Labute approximate surface area is 231 Å². The summed E-state index contributed by atoms with van der Waals surface area (Å²) >= 11 is 1.62. The van der Waals surface area contributed by atoms with E-state index in [2.05, 4.69) is 36.1 Å². The van der Waals surface area contributed by atoms with Crippen LogP contribution in [0, 0.1) is 5.41 Å². The summed E-state index contributed by atoms with van der Waals surface area (Å²) < 4.78 is 1.71. The molecular weight excluding hydrogens is 514 g/mol. The minimum atomic E-state index is -0.569. The standard InChI is InChI=1S/C28H35N7O3S/c1-4-33(5-2)19(3)13-29-27(38)20-11-23(31-25(12-20)34-15-28(16-34,17-36)18-37)21-14-30-35-9-8-22(32-26(21)35)24-7-6-10-39-24/h6-12,14,19,36-37H,4-5,13,15-18H2,1-3H3,(H,29,38)/t19-/m0/s1. The number of carbonyl (C=O) groups is 1. The number of carbonyl (C=O) groups excluding carboxylic acids is 1. The number of aliphatic hydroxyl groups excluding tert-OH is 2. The van der Waals surface area contributed by atoms with Gasteiger partial charge in [-0.25, -0.2) is 14.5 Å². The predicted octanol–water partition coefficient (Wildman–Crippen LogP) is 2.77. The zero-order chi connectivity index (χ0) is 27.6. The topological polar surface area (TPSA) is 119 Å². The fraction of sp³-hybridized carbons (Fsp3) is 0.429. The van der Waals surface area contributed by atoms with Crippen LogP contribution < -0.4 is 10.2 Å². The largest absolute Gasteiger partial charge is 0.396 e. The van der Waals surface area contributed by atoms with E-state index in [1.165, 1.54) is 0 Å². The molecule has 1 atom stereocenters. The summed E-state index contributed by atoms with van der Waals surface area (Å²) in [5, 5.41) is 29.1. The number of hydrogen-bond donors (Lipinski definition) is 3. The average Bonchev–Trinajstić information content (AvgIpc) is 3.62. The molecule has 0 aliphatic carbocycles. The highest BCUT2D eigenvalue weighted by atomic mass is 32.1. The molecule has 10 nitrogen and oxygen atoms in total. The molecule has 5 heterocycles. The van der Waals surface area contributed by atoms with Gasteiger partial charge in [0, 0.05) is 37.4 Å². The molecule has 0 aromatic carbocycles. The van der Waals surface area contributed by atoms with Gasteiger partial charge < -0.3 is 20.4 Å². The number of aromatic nitrogens is 4. The molecule has 0 bridgehead atoms. The first-order valence-corrected chi connectivity index (χ1v) is 14.2. The maximum absolute atomic E-state index is 13.4. The van der Waals surface area contributed by atoms with E-state index in [0.29, 0.717) is 42.4 Å². The number of pyridine rings is 1. The zero-order valence-electron chi connectivity index (χ0n) is 22.5. The molecule has 0 unspecified atom stereocenters. The molecule has 1 amide bonds. The van der Waals surface area contributed by atoms with Crippen molar-refractivity contribution in [3.05, 3.63) is 53.7 Å². The van der Waals surface area contributed by atoms with E-state index >= 15 is 0 Å². The molecule has 5 rings (SSSR count). The van der Waals surface area contributed by atoms with E-state index in [0.717, 1.165) is 29.2 Å². The van der Waals surface area contributed by atoms with Gasteiger partial charge in [0.25, 0.3) is 5.91 Å². The number of likely N-dealkylation sites (N-methyl/N-ethyl adjacent to an activating group) is 1. The summed E-state index contributed by atoms with van der Waals surface area (Å²) in [6, 6.07) is 9.70. The molecular formula is C28H35N7O3S. The van der Waals surface area contributed by atoms with Crippen molar-refractivity contribution in [2.24, 2.45) is 5.41 Å². The summed E-state index contributed by atoms with van der Waals surface area (Å²) in [7, 11) is 0. The highest BCUT2D eigenvalue weighted by Gasteiger charge is 2.43. The van der Waals surface area contributed by atoms with Crippen LogP contribution in [0.25, 0.3) is 27.5 Å². The van der Waals surface area contributed by atoms with Crippen molar-refractivity contribution < 1.29 is 15.0 Å². The zero-order valence-corrected chi connectivity index (χ0v) is 23.4. The summed E-state index contributed by atoms with van der Waals surface area (Å²) in [6.07, 6.45) is 3.60. The first-order valence-electron chi connectivity index (χ1n) is 13.3. The molecule has 4 aromatic rings. The number of hydrogen-bond acceptors (Lipinski definition) is 9. The molecule has 1 saturated heterocycles. The Morgan fingerprint density at radius 1 is 1.15 bits per heavy atom. The van der Waals surface area contributed by atoms with Gasteiger partial charge in [-0.3, -0.25) is 9.69 Å². The van der Waals surface area contributed by atoms with E-state index < -0.39 is 5.41 Å². The van der Waals surface area contributed by atoms with Gasteiger partial charge in [-0.15, -0.1) is 11.3 Å². The lowest BCUT2D eigenvalue weighted by atomic mass is 9.81. The van der Waals surface area contributed by atoms with Crippen LogP contribution in [0.1, 0.15) is 31.1 Å². The van der Waals surface area contributed by atoms with Crippen LogP contribution in [-0.2, 0) is 0 Å². The second kappa shape index (κ2) is 11.4. The molecule has 0 saturated carbocycles. The fourth-order valence-electron chi connectivity index (χ4n) is 5.05. The maximum Gasteiger partial charge on any atom is 0.251 e. The maximum atomic E-state index is 13.4. The van der Waals surface area contributed by atoms with Crippen molar-refractivity contribution >= 4 is 28.7 Å². The lowest BCUT2D eigenvalue weighted by Gasteiger charge is -2.48. The van der Waals surface area contributed by atoms with Gasteiger partial charge in [-0.05, 0) is 49.7 Å². The summed E-state index contributed by atoms with van der Waals surface area (Å²) in [6.45, 7) is 9.37. The SMILES string of the molecule is CCN(CC)[C@@H](C)CNC(=O)c1cc(-c2cnn3ccc(-c4cccs4)nc23)nc(N2CC(CO)(CO)C2)c1. The van der Waals surface area contributed by atoms with Crippen LogP contribution >= 0.6 is 11.3 Å². The van der Waals surface area contributed by atoms with Gasteiger partial charge >= 0.3 is 0 Å². The average molecular weight is 550 g/mol. The Morgan fingerprint density at radius 3 is 2.59 bits per heavy atom. The van der Waals surface area contributed by atoms with Crippen molar-refractivity contribution in [2.75, 3.05) is 50.8 Å². The number of rotatable bonds is 11. The van der Waals surface area contributed by atoms with E-state index in [1.807, 2.05) is 34.7 Å². The quantitative estimate of drug-likeness (QED) is 0.261. The summed E-state index contributed by atoms with van der Waals surface area (Å²) in [5.41, 5.74) is 2.72. The number of nitrogens with one attached hydrogen (secondary N) is 1. The monoisotopic (exact) mass is 549 g/mol. The first-order chi connectivity index (χ1) is 18.9. The first kappa shape index (κ1) is 27.2. The predicted molar refractivity (Wildman–Crippen MR) is 153 cm³/mol. The summed E-state index contributed by atoms with van der Waals surface area (Å²) in [5.74, 6) is 0.430. The van der Waals surface area contributed by atoms with E-state index in [-0.39, 0.29) is 25.2 Å². The lowest BCUT2D eigenvalue weighted by molar-refractivity contribution is 0.0302. The minimum absolute atomic E-state index is 0.111. The molecule has 4 aromatic heterocycles. The number of fused-ring (bicyclic) bond motifs is 1. The van der Waals surface area contributed by atoms with Crippen LogP contribution in [0.5, 0.6) is 0 Å². The third-order valence-electron chi connectivity index (χ3n) is 7.53. The van der Waals surface area contributed by atoms with E-state index in [4.69, 9.17) is 9.97 Å². The Hall–Kier alpha value is -3.38. The van der Waals surface area contributed by atoms with Gasteiger partial charge in [-0.2, -0.15) is 5.10 Å². The minimum Gasteiger partial charge on any atom is -0.396 e.